The fraction of sp³-hybridized carbons (Fsp3) is 0.0870. The van der Waals surface area contributed by atoms with Crippen LogP contribution in [0.15, 0.2) is 60.9 Å². The molecule has 2 heterocycles. The molecule has 3 aromatic carbocycles. The van der Waals surface area contributed by atoms with E-state index in [1.54, 1.807) is 0 Å². The summed E-state index contributed by atoms with van der Waals surface area (Å²) in [4.78, 5) is 8.41. The first-order valence-corrected chi connectivity index (χ1v) is 11.5. The van der Waals surface area contributed by atoms with Gasteiger partial charge in [-0.2, -0.15) is 0 Å². The summed E-state index contributed by atoms with van der Waals surface area (Å²) in [5.74, 6) is 0. The van der Waals surface area contributed by atoms with E-state index < -0.39 is 0 Å². The molecule has 0 radical (unpaired) electrons. The van der Waals surface area contributed by atoms with Crippen molar-refractivity contribution in [1.82, 2.24) is 4.98 Å². The number of thiophene rings is 1. The Balaban J connectivity index is 1.95. The Kier molecular flexibility index (Phi) is 4.14. The van der Waals surface area contributed by atoms with Crippen LogP contribution in [0.25, 0.3) is 42.3 Å². The van der Waals surface area contributed by atoms with Crippen molar-refractivity contribution in [2.45, 2.75) is 6.92 Å². The van der Waals surface area contributed by atoms with E-state index in [2.05, 4.69) is 72.0 Å². The van der Waals surface area contributed by atoms with Gasteiger partial charge in [-0.15, -0.1) is 0 Å². The zero-order valence-corrected chi connectivity index (χ0v) is 18.0. The Hall–Kier alpha value is -2.77. The zero-order chi connectivity index (χ0) is 19.3. The summed E-state index contributed by atoms with van der Waals surface area (Å²) < 4.78 is 4.48. The molecular weight excluding hydrogens is 429 g/mol. The second-order valence-electron chi connectivity index (χ2n) is 6.77. The van der Waals surface area contributed by atoms with Gasteiger partial charge in [-0.1, -0.05) is 0 Å². The standard InChI is InChI=1S/C23H16N3SSe/c1-14-16-8-5-6-10-19(16)27-22(14)21-18-11-15-7-3-4-9-17(15)23(28-12-24)20(18)25-13-26(21)2/h3-11,13H,1-2H3/q+1. The van der Waals surface area contributed by atoms with Crippen molar-refractivity contribution in [2.24, 2.45) is 7.05 Å². The van der Waals surface area contributed by atoms with Gasteiger partial charge in [0, 0.05) is 0 Å². The quantitative estimate of drug-likeness (QED) is 0.232. The molecule has 0 saturated heterocycles. The van der Waals surface area contributed by atoms with Crippen LogP contribution in [0, 0.1) is 17.2 Å². The normalized spacial score (nSPS) is 11.3. The first kappa shape index (κ1) is 17.3. The summed E-state index contributed by atoms with van der Waals surface area (Å²) in [5, 5.41) is 14.2. The Morgan fingerprint density at radius 1 is 1.04 bits per heavy atom. The van der Waals surface area contributed by atoms with Gasteiger partial charge >= 0.3 is 173 Å². The third-order valence-electron chi connectivity index (χ3n) is 5.15. The summed E-state index contributed by atoms with van der Waals surface area (Å²) in [6, 6.07) is 19.1. The predicted octanol–water partition coefficient (Wildman–Crippen LogP) is 4.21. The molecule has 134 valence electrons. The van der Waals surface area contributed by atoms with Gasteiger partial charge in [0.2, 0.25) is 0 Å². The van der Waals surface area contributed by atoms with Gasteiger partial charge in [0.1, 0.15) is 0 Å². The minimum absolute atomic E-state index is 0.279. The zero-order valence-electron chi connectivity index (χ0n) is 15.4. The van der Waals surface area contributed by atoms with Crippen molar-refractivity contribution < 1.29 is 4.57 Å². The van der Waals surface area contributed by atoms with E-state index in [9.17, 15) is 5.26 Å². The van der Waals surface area contributed by atoms with Gasteiger partial charge in [-0.25, -0.2) is 0 Å². The van der Waals surface area contributed by atoms with E-state index in [4.69, 9.17) is 4.98 Å². The fourth-order valence-electron chi connectivity index (χ4n) is 3.84. The molecule has 28 heavy (non-hydrogen) atoms. The average molecular weight is 445 g/mol. The van der Waals surface area contributed by atoms with E-state index >= 15 is 0 Å². The summed E-state index contributed by atoms with van der Waals surface area (Å²) in [6.07, 6.45) is 1.88. The number of rotatable bonds is 2. The minimum atomic E-state index is -0.279. The number of fused-ring (bicyclic) bond motifs is 3. The SMILES string of the molecule is Cc1c(-c2c3cc4ccccc4c([Se]C#N)c3nc[n+]2C)sc2ccccc12. The molecule has 0 N–H and O–H groups in total. The van der Waals surface area contributed by atoms with Crippen molar-refractivity contribution in [3.8, 4) is 15.5 Å². The van der Waals surface area contributed by atoms with Gasteiger partial charge in [0.05, 0.1) is 0 Å². The van der Waals surface area contributed by atoms with Crippen LogP contribution in [0.2, 0.25) is 0 Å². The van der Waals surface area contributed by atoms with E-state index in [0.717, 1.165) is 26.1 Å². The maximum atomic E-state index is 9.47. The molecule has 5 heteroatoms. The molecule has 5 aromatic rings. The molecule has 0 aliphatic heterocycles. The van der Waals surface area contributed by atoms with Crippen molar-refractivity contribution in [3.63, 3.8) is 0 Å². The number of hydrogen-bond donors (Lipinski definition) is 0. The summed E-state index contributed by atoms with van der Waals surface area (Å²) in [7, 11) is 2.05. The predicted molar refractivity (Wildman–Crippen MR) is 117 cm³/mol. The molecule has 0 bridgehead atoms. The van der Waals surface area contributed by atoms with Gasteiger partial charge in [0.15, 0.2) is 0 Å². The van der Waals surface area contributed by atoms with Gasteiger partial charge < -0.3 is 0 Å². The average Bonchev–Trinajstić information content (AvgIpc) is 3.04. The van der Waals surface area contributed by atoms with Crippen LogP contribution in [0.5, 0.6) is 0 Å². The van der Waals surface area contributed by atoms with Crippen LogP contribution in [0.1, 0.15) is 5.56 Å². The molecule has 5 rings (SSSR count). The fourth-order valence-corrected chi connectivity index (χ4v) is 6.50. The van der Waals surface area contributed by atoms with Crippen molar-refractivity contribution >= 4 is 62.5 Å². The van der Waals surface area contributed by atoms with Gasteiger partial charge in [0.25, 0.3) is 0 Å². The third-order valence-corrected chi connectivity index (χ3v) is 7.92. The van der Waals surface area contributed by atoms with E-state index in [1.165, 1.54) is 26.2 Å². The second kappa shape index (κ2) is 6.68. The number of nitrogens with zero attached hydrogens (tertiary/aromatic N) is 3. The number of hydrogen-bond acceptors (Lipinski definition) is 3. The monoisotopic (exact) mass is 446 g/mol. The summed E-state index contributed by atoms with van der Waals surface area (Å²) >= 11 is 1.54. The number of benzene rings is 3. The summed E-state index contributed by atoms with van der Waals surface area (Å²) in [5.41, 5.74) is 3.42. The van der Waals surface area contributed by atoms with E-state index in [1.807, 2.05) is 23.7 Å². The first-order valence-electron chi connectivity index (χ1n) is 8.93. The van der Waals surface area contributed by atoms with Crippen LogP contribution in [-0.2, 0) is 7.05 Å². The molecule has 0 aliphatic carbocycles. The van der Waals surface area contributed by atoms with E-state index in [-0.39, 0.29) is 15.0 Å². The Labute approximate surface area is 173 Å². The van der Waals surface area contributed by atoms with Crippen LogP contribution in [-0.4, -0.2) is 19.9 Å². The van der Waals surface area contributed by atoms with E-state index in [0.29, 0.717) is 0 Å². The van der Waals surface area contributed by atoms with Crippen LogP contribution in [0.4, 0.5) is 0 Å². The molecule has 0 fully saturated rings. The molecular formula is C23H16N3SSe+. The second-order valence-corrected chi connectivity index (χ2v) is 9.49. The summed E-state index contributed by atoms with van der Waals surface area (Å²) in [6.45, 7) is 2.20. The number of nitriles is 1. The molecule has 0 saturated carbocycles. The molecule has 0 spiro atoms. The Bertz CT molecular complexity index is 1430. The van der Waals surface area contributed by atoms with Crippen molar-refractivity contribution in [3.05, 3.63) is 66.5 Å². The van der Waals surface area contributed by atoms with Crippen LogP contribution in [0.3, 0.4) is 0 Å². The maximum absolute atomic E-state index is 9.47. The topological polar surface area (TPSA) is 40.6 Å². The Morgan fingerprint density at radius 2 is 1.79 bits per heavy atom. The number of aryl methyl sites for hydroxylation is 2. The number of aromatic nitrogens is 2. The molecule has 0 amide bonds. The first-order chi connectivity index (χ1) is 13.7. The molecule has 0 unspecified atom stereocenters. The van der Waals surface area contributed by atoms with Gasteiger partial charge in [-0.3, -0.25) is 0 Å². The molecule has 3 nitrogen and oxygen atoms in total. The van der Waals surface area contributed by atoms with Gasteiger partial charge in [-0.05, 0) is 0 Å². The molecule has 0 aliphatic rings. The third kappa shape index (κ3) is 2.54. The van der Waals surface area contributed by atoms with Crippen LogP contribution < -0.4 is 9.03 Å². The van der Waals surface area contributed by atoms with Crippen molar-refractivity contribution in [2.75, 3.05) is 0 Å². The molecule has 2 aromatic heterocycles. The Morgan fingerprint density at radius 3 is 2.57 bits per heavy atom. The molecule has 0 atom stereocenters. The van der Waals surface area contributed by atoms with Crippen molar-refractivity contribution in [1.29, 1.82) is 5.26 Å². The van der Waals surface area contributed by atoms with Crippen LogP contribution >= 0.6 is 11.3 Å².